The maximum absolute atomic E-state index is 12.8. The van der Waals surface area contributed by atoms with Gasteiger partial charge in [0.05, 0.1) is 12.8 Å². The number of amides is 1. The first-order valence-corrected chi connectivity index (χ1v) is 7.34. The van der Waals surface area contributed by atoms with Gasteiger partial charge in [0.15, 0.2) is 5.11 Å². The summed E-state index contributed by atoms with van der Waals surface area (Å²) in [4.78, 5) is 16.3. The Balaban J connectivity index is 1.96. The first-order chi connectivity index (χ1) is 10.6. The number of ether oxygens (including phenoxy) is 1. The van der Waals surface area contributed by atoms with Crippen molar-refractivity contribution < 1.29 is 9.53 Å². The molecule has 0 radical (unpaired) electrons. The summed E-state index contributed by atoms with van der Waals surface area (Å²) in [6.45, 7) is 0. The lowest BCUT2D eigenvalue weighted by atomic mass is 10.1. The number of likely N-dealkylation sites (N-methyl/N-ethyl adjacent to an activating group) is 1. The number of hydrogen-bond donors (Lipinski definition) is 0. The number of anilines is 1. The lowest BCUT2D eigenvalue weighted by Gasteiger charge is -2.18. The Morgan fingerprint density at radius 1 is 1.05 bits per heavy atom. The highest BCUT2D eigenvalue weighted by Gasteiger charge is 2.41. The molecular weight excluding hydrogens is 296 g/mol. The van der Waals surface area contributed by atoms with Gasteiger partial charge in [-0.05, 0) is 42.0 Å². The molecule has 1 amide bonds. The number of methoxy groups -OCH3 is 1. The van der Waals surface area contributed by atoms with Crippen LogP contribution >= 0.6 is 12.2 Å². The molecule has 1 fully saturated rings. The zero-order valence-corrected chi connectivity index (χ0v) is 13.2. The molecule has 4 nitrogen and oxygen atoms in total. The van der Waals surface area contributed by atoms with Gasteiger partial charge in [-0.25, -0.2) is 0 Å². The van der Waals surface area contributed by atoms with Crippen molar-refractivity contribution in [3.63, 3.8) is 0 Å². The van der Waals surface area contributed by atoms with E-state index in [2.05, 4.69) is 0 Å². The fraction of sp³-hybridized carbons (Fsp3) is 0.176. The topological polar surface area (TPSA) is 32.8 Å². The Kier molecular flexibility index (Phi) is 3.81. The van der Waals surface area contributed by atoms with E-state index in [0.717, 1.165) is 17.0 Å². The number of hydrogen-bond acceptors (Lipinski definition) is 3. The number of nitrogens with zero attached hydrogens (tertiary/aromatic N) is 2. The summed E-state index contributed by atoms with van der Waals surface area (Å²) in [6, 6.07) is 16.6. The fourth-order valence-corrected chi connectivity index (χ4v) is 2.92. The smallest absolute Gasteiger partial charge is 0.260 e. The first kappa shape index (κ1) is 14.5. The Morgan fingerprint density at radius 2 is 1.68 bits per heavy atom. The van der Waals surface area contributed by atoms with Crippen LogP contribution in [-0.2, 0) is 4.79 Å². The van der Waals surface area contributed by atoms with Gasteiger partial charge in [-0.3, -0.25) is 9.69 Å². The largest absolute Gasteiger partial charge is 0.497 e. The SMILES string of the molecule is COc1ccc(C2C(=O)N(c3ccccc3)C(=S)N2C)cc1. The molecular formula is C17H16N2O2S. The summed E-state index contributed by atoms with van der Waals surface area (Å²) in [5.41, 5.74) is 1.69. The molecule has 1 unspecified atom stereocenters. The number of thiocarbonyl (C=S) groups is 1. The molecule has 112 valence electrons. The van der Waals surface area contributed by atoms with Crippen molar-refractivity contribution >= 4 is 28.9 Å². The average Bonchev–Trinajstić information content (AvgIpc) is 2.78. The molecule has 1 saturated heterocycles. The number of benzene rings is 2. The predicted octanol–water partition coefficient (Wildman–Crippen LogP) is 3.00. The summed E-state index contributed by atoms with van der Waals surface area (Å²) >= 11 is 5.45. The van der Waals surface area contributed by atoms with Gasteiger partial charge in [0, 0.05) is 7.05 Å². The number of rotatable bonds is 3. The van der Waals surface area contributed by atoms with Gasteiger partial charge >= 0.3 is 0 Å². The molecule has 2 aromatic carbocycles. The van der Waals surface area contributed by atoms with Gasteiger partial charge in [-0.15, -0.1) is 0 Å². The highest BCUT2D eigenvalue weighted by atomic mass is 32.1. The van der Waals surface area contributed by atoms with Crippen LogP contribution in [0.15, 0.2) is 54.6 Å². The third-order valence-corrected chi connectivity index (χ3v) is 4.25. The van der Waals surface area contributed by atoms with E-state index in [1.165, 1.54) is 0 Å². The molecule has 0 aliphatic carbocycles. The van der Waals surface area contributed by atoms with Crippen LogP contribution in [0.2, 0.25) is 0 Å². The molecule has 0 bridgehead atoms. The van der Waals surface area contributed by atoms with E-state index in [0.29, 0.717) is 5.11 Å². The monoisotopic (exact) mass is 312 g/mol. The molecule has 0 N–H and O–H groups in total. The minimum atomic E-state index is -0.404. The van der Waals surface area contributed by atoms with Crippen molar-refractivity contribution in [1.82, 2.24) is 4.90 Å². The van der Waals surface area contributed by atoms with Crippen molar-refractivity contribution in [2.45, 2.75) is 6.04 Å². The van der Waals surface area contributed by atoms with Crippen molar-refractivity contribution in [3.05, 3.63) is 60.2 Å². The van der Waals surface area contributed by atoms with Crippen molar-refractivity contribution in [2.75, 3.05) is 19.1 Å². The third kappa shape index (κ3) is 2.33. The minimum Gasteiger partial charge on any atom is -0.497 e. The Bertz CT molecular complexity index is 700. The third-order valence-electron chi connectivity index (χ3n) is 3.78. The molecule has 1 aliphatic rings. The second-order valence-electron chi connectivity index (χ2n) is 5.08. The summed E-state index contributed by atoms with van der Waals surface area (Å²) in [5, 5.41) is 0.511. The standard InChI is InChI=1S/C17H16N2O2S/c1-18-15(12-8-10-14(21-2)11-9-12)16(20)19(17(18)22)13-6-4-3-5-7-13/h3-11,15H,1-2H3. The molecule has 0 saturated carbocycles. The first-order valence-electron chi connectivity index (χ1n) is 6.93. The van der Waals surface area contributed by atoms with Crippen molar-refractivity contribution in [1.29, 1.82) is 0 Å². The number of carbonyl (C=O) groups excluding carboxylic acids is 1. The highest BCUT2D eigenvalue weighted by Crippen LogP contribution is 2.33. The fourth-order valence-electron chi connectivity index (χ4n) is 2.62. The Morgan fingerprint density at radius 3 is 2.27 bits per heavy atom. The summed E-state index contributed by atoms with van der Waals surface area (Å²) in [5.74, 6) is 0.725. The number of carbonyl (C=O) groups is 1. The Labute approximate surface area is 134 Å². The van der Waals surface area contributed by atoms with Crippen LogP contribution in [0.5, 0.6) is 5.75 Å². The van der Waals surface area contributed by atoms with E-state index in [1.807, 2.05) is 66.5 Å². The molecule has 1 heterocycles. The van der Waals surface area contributed by atoms with E-state index in [1.54, 1.807) is 12.0 Å². The van der Waals surface area contributed by atoms with Gasteiger partial charge in [-0.2, -0.15) is 0 Å². The maximum Gasteiger partial charge on any atom is 0.260 e. The maximum atomic E-state index is 12.8. The molecule has 22 heavy (non-hydrogen) atoms. The van der Waals surface area contributed by atoms with Gasteiger partial charge in [0.1, 0.15) is 11.8 Å². The van der Waals surface area contributed by atoms with E-state index in [9.17, 15) is 4.79 Å². The quantitative estimate of drug-likeness (QED) is 0.816. The van der Waals surface area contributed by atoms with Crippen LogP contribution in [0.1, 0.15) is 11.6 Å². The van der Waals surface area contributed by atoms with Crippen LogP contribution in [0.25, 0.3) is 0 Å². The molecule has 1 atom stereocenters. The van der Waals surface area contributed by atoms with Gasteiger partial charge in [0.25, 0.3) is 5.91 Å². The second kappa shape index (κ2) is 5.77. The molecule has 0 spiro atoms. The highest BCUT2D eigenvalue weighted by molar-refractivity contribution is 7.80. The van der Waals surface area contributed by atoms with Gasteiger partial charge < -0.3 is 9.64 Å². The number of para-hydroxylation sites is 1. The van der Waals surface area contributed by atoms with Crippen LogP contribution in [-0.4, -0.2) is 30.1 Å². The summed E-state index contributed by atoms with van der Waals surface area (Å²) in [7, 11) is 3.46. The van der Waals surface area contributed by atoms with E-state index < -0.39 is 6.04 Å². The molecule has 2 aromatic rings. The lowest BCUT2D eigenvalue weighted by Crippen LogP contribution is -2.30. The van der Waals surface area contributed by atoms with E-state index >= 15 is 0 Å². The van der Waals surface area contributed by atoms with Gasteiger partial charge in [-0.1, -0.05) is 30.3 Å². The normalized spacial score (nSPS) is 18.0. The minimum absolute atomic E-state index is 0.0381. The van der Waals surface area contributed by atoms with E-state index in [4.69, 9.17) is 17.0 Å². The van der Waals surface area contributed by atoms with E-state index in [-0.39, 0.29) is 5.91 Å². The Hall–Kier alpha value is -2.40. The predicted molar refractivity (Wildman–Crippen MR) is 90.0 cm³/mol. The second-order valence-corrected chi connectivity index (χ2v) is 5.44. The van der Waals surface area contributed by atoms with Crippen molar-refractivity contribution in [3.8, 4) is 5.75 Å². The molecule has 0 aromatic heterocycles. The molecule has 1 aliphatic heterocycles. The van der Waals surface area contributed by atoms with Crippen LogP contribution in [0.3, 0.4) is 0 Å². The van der Waals surface area contributed by atoms with Crippen LogP contribution in [0, 0.1) is 0 Å². The molecule has 5 heteroatoms. The zero-order valence-electron chi connectivity index (χ0n) is 12.4. The van der Waals surface area contributed by atoms with Crippen molar-refractivity contribution in [2.24, 2.45) is 0 Å². The summed E-state index contributed by atoms with van der Waals surface area (Å²) < 4.78 is 5.16. The van der Waals surface area contributed by atoms with Gasteiger partial charge in [0.2, 0.25) is 0 Å². The average molecular weight is 312 g/mol. The zero-order chi connectivity index (χ0) is 15.7. The lowest BCUT2D eigenvalue weighted by molar-refractivity contribution is -0.119. The van der Waals surface area contributed by atoms with Crippen LogP contribution < -0.4 is 9.64 Å². The molecule has 3 rings (SSSR count). The summed E-state index contributed by atoms with van der Waals surface area (Å²) in [6.07, 6.45) is 0. The van der Waals surface area contributed by atoms with Crippen LogP contribution in [0.4, 0.5) is 5.69 Å².